The van der Waals surface area contributed by atoms with Gasteiger partial charge in [0.15, 0.2) is 0 Å². The molecule has 1 heterocycles. The molecule has 0 spiro atoms. The van der Waals surface area contributed by atoms with Crippen LogP contribution in [0, 0.1) is 0 Å². The van der Waals surface area contributed by atoms with Crippen LogP contribution in [-0.2, 0) is 14.3 Å². The quantitative estimate of drug-likeness (QED) is 0.801. The molecule has 2 aromatic rings. The van der Waals surface area contributed by atoms with E-state index in [-0.39, 0.29) is 5.56 Å². The molecule has 0 aliphatic heterocycles. The predicted molar refractivity (Wildman–Crippen MR) is 72.6 cm³/mol. The first kappa shape index (κ1) is 14.1. The normalized spacial score (nSPS) is 11.1. The van der Waals surface area contributed by atoms with Gasteiger partial charge in [-0.1, -0.05) is 0 Å². The van der Waals surface area contributed by atoms with Crippen molar-refractivity contribution in [3.63, 3.8) is 0 Å². The minimum atomic E-state index is -3.84. The molecule has 1 aromatic carbocycles. The molecule has 2 rings (SSSR count). The van der Waals surface area contributed by atoms with E-state index in [0.717, 1.165) is 6.26 Å². The Morgan fingerprint density at radius 1 is 1.20 bits per heavy atom. The Morgan fingerprint density at radius 3 is 2.40 bits per heavy atom. The number of rotatable bonds is 4. The molecule has 0 radical (unpaired) electrons. The summed E-state index contributed by atoms with van der Waals surface area (Å²) in [4.78, 5) is 11.7. The van der Waals surface area contributed by atoms with Crippen LogP contribution in [0.1, 0.15) is 10.4 Å². The fourth-order valence-electron chi connectivity index (χ4n) is 1.70. The van der Waals surface area contributed by atoms with Crippen molar-refractivity contribution in [2.75, 3.05) is 13.4 Å². The Labute approximate surface area is 116 Å². The second-order valence-corrected chi connectivity index (χ2v) is 5.63. The molecule has 0 fully saturated rings. The summed E-state index contributed by atoms with van der Waals surface area (Å²) in [5, 5.41) is 0. The Balaban J connectivity index is 2.43. The zero-order valence-corrected chi connectivity index (χ0v) is 11.8. The number of carbonyl (C=O) groups is 1. The van der Waals surface area contributed by atoms with Crippen LogP contribution in [0.4, 0.5) is 0 Å². The van der Waals surface area contributed by atoms with Gasteiger partial charge in [-0.05, 0) is 30.3 Å². The van der Waals surface area contributed by atoms with Crippen LogP contribution in [0.2, 0.25) is 0 Å². The summed E-state index contributed by atoms with van der Waals surface area (Å²) < 4.78 is 33.3. The van der Waals surface area contributed by atoms with Gasteiger partial charge in [0.05, 0.1) is 24.6 Å². The van der Waals surface area contributed by atoms with E-state index in [0.29, 0.717) is 11.4 Å². The van der Waals surface area contributed by atoms with Gasteiger partial charge in [-0.25, -0.2) is 4.79 Å². The predicted octanol–water partition coefficient (Wildman–Crippen LogP) is 1.60. The molecule has 0 aliphatic carbocycles. The molecule has 0 saturated heterocycles. The van der Waals surface area contributed by atoms with Crippen molar-refractivity contribution in [1.29, 1.82) is 0 Å². The van der Waals surface area contributed by atoms with Crippen molar-refractivity contribution in [3.8, 4) is 11.4 Å². The molecular weight excluding hydrogens is 282 g/mol. The minimum absolute atomic E-state index is 0.125. The van der Waals surface area contributed by atoms with Gasteiger partial charge < -0.3 is 13.5 Å². The van der Waals surface area contributed by atoms with E-state index in [9.17, 15) is 13.2 Å². The summed E-state index contributed by atoms with van der Waals surface area (Å²) in [6, 6.07) is 8.17. The molecule has 0 atom stereocenters. The highest BCUT2D eigenvalue weighted by molar-refractivity contribution is 7.86. The Hall–Kier alpha value is -2.28. The van der Waals surface area contributed by atoms with Crippen LogP contribution in [0.5, 0.6) is 5.75 Å². The third-order valence-corrected chi connectivity index (χ3v) is 2.98. The Morgan fingerprint density at radius 2 is 1.85 bits per heavy atom. The average molecular weight is 295 g/mol. The van der Waals surface area contributed by atoms with Crippen molar-refractivity contribution in [2.24, 2.45) is 0 Å². The summed E-state index contributed by atoms with van der Waals surface area (Å²) in [6.07, 6.45) is 4.38. The Kier molecular flexibility index (Phi) is 3.80. The lowest BCUT2D eigenvalue weighted by Gasteiger charge is -2.11. The molecule has 0 aliphatic rings. The van der Waals surface area contributed by atoms with Crippen molar-refractivity contribution < 1.29 is 22.1 Å². The SMILES string of the molecule is COc1ccc(C(=O)OS(C)(=O)=O)cc1-n1cccc1. The standard InChI is InChI=1S/C13H13NO5S/c1-18-12-6-5-10(13(15)19-20(2,16)17)9-11(12)14-7-3-4-8-14/h3-9H,1-2H3. The molecule has 106 valence electrons. The highest BCUT2D eigenvalue weighted by Gasteiger charge is 2.16. The van der Waals surface area contributed by atoms with Crippen molar-refractivity contribution in [3.05, 3.63) is 48.3 Å². The van der Waals surface area contributed by atoms with E-state index in [4.69, 9.17) is 4.74 Å². The molecule has 7 heteroatoms. The first-order valence-electron chi connectivity index (χ1n) is 5.66. The van der Waals surface area contributed by atoms with E-state index in [1.807, 2.05) is 12.1 Å². The molecule has 0 saturated carbocycles. The first-order chi connectivity index (χ1) is 9.40. The monoisotopic (exact) mass is 295 g/mol. The van der Waals surface area contributed by atoms with Crippen molar-refractivity contribution >= 4 is 16.1 Å². The second-order valence-electron chi connectivity index (χ2n) is 4.05. The van der Waals surface area contributed by atoms with E-state index in [1.165, 1.54) is 19.2 Å². The number of hydrogen-bond acceptors (Lipinski definition) is 5. The highest BCUT2D eigenvalue weighted by atomic mass is 32.2. The van der Waals surface area contributed by atoms with Crippen LogP contribution < -0.4 is 4.74 Å². The maximum Gasteiger partial charge on any atom is 0.353 e. The fourth-order valence-corrected chi connectivity index (χ4v) is 2.07. The maximum absolute atomic E-state index is 11.7. The van der Waals surface area contributed by atoms with Gasteiger partial charge >= 0.3 is 16.1 Å². The third kappa shape index (κ3) is 3.18. The van der Waals surface area contributed by atoms with Gasteiger partial charge in [-0.15, -0.1) is 0 Å². The average Bonchev–Trinajstić information content (AvgIpc) is 2.89. The topological polar surface area (TPSA) is 74.6 Å². The van der Waals surface area contributed by atoms with Crippen LogP contribution >= 0.6 is 0 Å². The largest absolute Gasteiger partial charge is 0.495 e. The van der Waals surface area contributed by atoms with Crippen molar-refractivity contribution in [1.82, 2.24) is 4.57 Å². The van der Waals surface area contributed by atoms with Gasteiger partial charge in [0.25, 0.3) is 0 Å². The number of ether oxygens (including phenoxy) is 1. The zero-order valence-electron chi connectivity index (χ0n) is 10.9. The summed E-state index contributed by atoms with van der Waals surface area (Å²) >= 11 is 0. The Bertz CT molecular complexity index is 719. The van der Waals surface area contributed by atoms with E-state index in [2.05, 4.69) is 4.18 Å². The molecule has 1 aromatic heterocycles. The summed E-state index contributed by atoms with van der Waals surface area (Å²) in [5.74, 6) is -0.374. The zero-order chi connectivity index (χ0) is 14.8. The lowest BCUT2D eigenvalue weighted by atomic mass is 10.2. The van der Waals surface area contributed by atoms with Crippen LogP contribution in [-0.4, -0.2) is 32.3 Å². The minimum Gasteiger partial charge on any atom is -0.495 e. The number of carbonyl (C=O) groups excluding carboxylic acids is 1. The molecule has 6 nitrogen and oxygen atoms in total. The van der Waals surface area contributed by atoms with Gasteiger partial charge in [-0.2, -0.15) is 8.42 Å². The number of nitrogens with zero attached hydrogens (tertiary/aromatic N) is 1. The summed E-state index contributed by atoms with van der Waals surface area (Å²) in [5.41, 5.74) is 0.736. The lowest BCUT2D eigenvalue weighted by Crippen LogP contribution is -2.12. The number of methoxy groups -OCH3 is 1. The molecule has 0 unspecified atom stereocenters. The molecule has 0 N–H and O–H groups in total. The van der Waals surface area contributed by atoms with Gasteiger partial charge in [0.2, 0.25) is 0 Å². The van der Waals surface area contributed by atoms with Crippen LogP contribution in [0.15, 0.2) is 42.7 Å². The third-order valence-electron chi connectivity index (χ3n) is 2.52. The van der Waals surface area contributed by atoms with E-state index >= 15 is 0 Å². The lowest BCUT2D eigenvalue weighted by molar-refractivity contribution is 0.0748. The fraction of sp³-hybridized carbons (Fsp3) is 0.154. The molecule has 0 bridgehead atoms. The molecule has 20 heavy (non-hydrogen) atoms. The van der Waals surface area contributed by atoms with Crippen LogP contribution in [0.3, 0.4) is 0 Å². The highest BCUT2D eigenvalue weighted by Crippen LogP contribution is 2.24. The summed E-state index contributed by atoms with van der Waals surface area (Å²) in [6.45, 7) is 0. The summed E-state index contributed by atoms with van der Waals surface area (Å²) in [7, 11) is -2.33. The van der Waals surface area contributed by atoms with Crippen LogP contribution in [0.25, 0.3) is 5.69 Å². The van der Waals surface area contributed by atoms with E-state index in [1.54, 1.807) is 23.0 Å². The van der Waals surface area contributed by atoms with E-state index < -0.39 is 16.1 Å². The second kappa shape index (κ2) is 5.38. The van der Waals surface area contributed by atoms with Gasteiger partial charge in [-0.3, -0.25) is 0 Å². The number of aromatic nitrogens is 1. The first-order valence-corrected chi connectivity index (χ1v) is 7.47. The van der Waals surface area contributed by atoms with Gasteiger partial charge in [0.1, 0.15) is 5.75 Å². The van der Waals surface area contributed by atoms with Crippen molar-refractivity contribution in [2.45, 2.75) is 0 Å². The van der Waals surface area contributed by atoms with Gasteiger partial charge in [0, 0.05) is 12.4 Å². The number of hydrogen-bond donors (Lipinski definition) is 0. The molecule has 0 amide bonds. The molecular formula is C13H13NO5S. The smallest absolute Gasteiger partial charge is 0.353 e. The maximum atomic E-state index is 11.7. The number of benzene rings is 1.